The quantitative estimate of drug-likeness (QED) is 0.126. The van der Waals surface area contributed by atoms with E-state index < -0.39 is 74.3 Å². The molecule has 0 amide bonds. The summed E-state index contributed by atoms with van der Waals surface area (Å²) in [5.41, 5.74) is 5.90. The molecule has 0 bridgehead atoms. The summed E-state index contributed by atoms with van der Waals surface area (Å²) in [6.07, 6.45) is -5.86. The summed E-state index contributed by atoms with van der Waals surface area (Å²) in [6.45, 7) is -1.08. The van der Waals surface area contributed by atoms with Crippen molar-refractivity contribution in [2.75, 3.05) is 18.5 Å². The van der Waals surface area contributed by atoms with Gasteiger partial charge in [0.1, 0.15) is 36.3 Å². The third-order valence-corrected chi connectivity index (χ3v) is 10.7. The van der Waals surface area contributed by atoms with Crippen LogP contribution in [0.2, 0.25) is 0 Å². The van der Waals surface area contributed by atoms with Gasteiger partial charge in [0.25, 0.3) is 0 Å². The third kappa shape index (κ3) is 7.70. The number of hydrogen-bond acceptors (Lipinski definition) is 16. The molecule has 1 aliphatic rings. The van der Waals surface area contributed by atoms with E-state index in [0.717, 1.165) is 17.2 Å². The molecule has 1 fully saturated rings. The number of phosphoric acid groups is 3. The molecule has 214 valence electrons. The van der Waals surface area contributed by atoms with E-state index in [9.17, 15) is 52.8 Å². The van der Waals surface area contributed by atoms with Gasteiger partial charge in [-0.3, -0.25) is 18.5 Å². The first kappa shape index (κ1) is 30.8. The smallest absolute Gasteiger partial charge is 0.481 e. The SMILES string of the molecule is Nc1ncnc2c1ncn2[C@@H]1O[C@H](COP(=O)(O)OP(=O)(O)OP(=O)(O)OP(=O)(O)CC(=O)O)[C@H](O)C1O. The number of aliphatic hydroxyl groups excluding tert-OH is 2. The van der Waals surface area contributed by atoms with Gasteiger partial charge in [-0.15, -0.1) is 0 Å². The van der Waals surface area contributed by atoms with Gasteiger partial charge in [-0.25, -0.2) is 33.0 Å². The highest BCUT2D eigenvalue weighted by Gasteiger charge is 2.48. The Kier molecular flexibility index (Phi) is 8.97. The summed E-state index contributed by atoms with van der Waals surface area (Å²) in [7, 11) is -23.1. The molecule has 2 aromatic rings. The second kappa shape index (κ2) is 11.1. The zero-order valence-corrected chi connectivity index (χ0v) is 21.8. The van der Waals surface area contributed by atoms with E-state index >= 15 is 0 Å². The van der Waals surface area contributed by atoms with Crippen molar-refractivity contribution < 1.29 is 80.1 Å². The number of imidazole rings is 1. The van der Waals surface area contributed by atoms with Crippen molar-refractivity contribution in [3.8, 4) is 0 Å². The van der Waals surface area contributed by atoms with Crippen molar-refractivity contribution in [1.82, 2.24) is 19.5 Å². The van der Waals surface area contributed by atoms with Crippen molar-refractivity contribution >= 4 is 54.0 Å². The van der Waals surface area contributed by atoms with Crippen molar-refractivity contribution in [2.24, 2.45) is 0 Å². The summed E-state index contributed by atoms with van der Waals surface area (Å²) in [6, 6.07) is 0. The fourth-order valence-corrected chi connectivity index (χ4v) is 8.24. The predicted octanol–water partition coefficient (Wildman–Crippen LogP) is -1.33. The van der Waals surface area contributed by atoms with Gasteiger partial charge in [0, 0.05) is 0 Å². The Bertz CT molecular complexity index is 1400. The van der Waals surface area contributed by atoms with Gasteiger partial charge >= 0.3 is 37.0 Å². The highest BCUT2D eigenvalue weighted by atomic mass is 31.3. The summed E-state index contributed by atoms with van der Waals surface area (Å²) >= 11 is 0. The summed E-state index contributed by atoms with van der Waals surface area (Å²) in [4.78, 5) is 59.8. The fraction of sp³-hybridized carbons (Fsp3) is 0.500. The van der Waals surface area contributed by atoms with E-state index in [1.807, 2.05) is 0 Å². The molecule has 0 radical (unpaired) electrons. The number of aliphatic carboxylic acids is 1. The molecule has 0 spiro atoms. The number of hydrogen-bond donors (Lipinski definition) is 8. The van der Waals surface area contributed by atoms with Crippen LogP contribution >= 0.6 is 31.1 Å². The maximum Gasteiger partial charge on any atom is 0.490 e. The highest BCUT2D eigenvalue weighted by Crippen LogP contribution is 2.71. The van der Waals surface area contributed by atoms with Crippen LogP contribution < -0.4 is 5.73 Å². The Morgan fingerprint density at radius 2 is 1.58 bits per heavy atom. The highest BCUT2D eigenvalue weighted by molar-refractivity contribution is 7.70. The minimum Gasteiger partial charge on any atom is -0.481 e. The molecule has 22 nitrogen and oxygen atoms in total. The van der Waals surface area contributed by atoms with Gasteiger partial charge in [-0.2, -0.15) is 8.62 Å². The Morgan fingerprint density at radius 3 is 2.21 bits per heavy atom. The maximum absolute atomic E-state index is 12.1. The monoisotopic (exact) mass is 629 g/mol. The first-order valence-electron chi connectivity index (χ1n) is 9.56. The van der Waals surface area contributed by atoms with E-state index in [0.29, 0.717) is 0 Å². The van der Waals surface area contributed by atoms with Gasteiger partial charge < -0.3 is 45.4 Å². The number of anilines is 1. The average Bonchev–Trinajstić information content (AvgIpc) is 3.25. The summed E-state index contributed by atoms with van der Waals surface area (Å²) in [5, 5.41) is 29.0. The second-order valence-electron chi connectivity index (χ2n) is 7.26. The molecule has 3 heterocycles. The minimum absolute atomic E-state index is 0.00259. The molecule has 0 aromatic carbocycles. The Labute approximate surface area is 209 Å². The lowest BCUT2D eigenvalue weighted by Crippen LogP contribution is -2.33. The number of nitrogen functional groups attached to an aromatic ring is 1. The number of carboxylic acids is 1. The lowest BCUT2D eigenvalue weighted by Gasteiger charge is -2.20. The topological polar surface area (TPSA) is 343 Å². The number of ether oxygens (including phenoxy) is 1. The van der Waals surface area contributed by atoms with Crippen LogP contribution in [0.5, 0.6) is 0 Å². The van der Waals surface area contributed by atoms with E-state index in [1.165, 1.54) is 0 Å². The lowest BCUT2D eigenvalue weighted by atomic mass is 10.1. The molecular formula is C12H19N5O17P4. The van der Waals surface area contributed by atoms with Crippen LogP contribution in [0.3, 0.4) is 0 Å². The largest absolute Gasteiger partial charge is 0.490 e. The number of phosphoric ester groups is 1. The van der Waals surface area contributed by atoms with Crippen molar-refractivity contribution in [3.05, 3.63) is 12.7 Å². The molecule has 26 heteroatoms. The Morgan fingerprint density at radius 1 is 0.974 bits per heavy atom. The van der Waals surface area contributed by atoms with Crippen molar-refractivity contribution in [1.29, 1.82) is 0 Å². The molecule has 38 heavy (non-hydrogen) atoms. The first-order chi connectivity index (χ1) is 17.3. The number of rotatable bonds is 12. The maximum atomic E-state index is 12.1. The summed E-state index contributed by atoms with van der Waals surface area (Å²) in [5.74, 6) is -1.95. The molecule has 0 saturated carbocycles. The zero-order valence-electron chi connectivity index (χ0n) is 18.2. The lowest BCUT2D eigenvalue weighted by molar-refractivity contribution is -0.134. The number of fused-ring (bicyclic) bond motifs is 1. The predicted molar refractivity (Wildman–Crippen MR) is 117 cm³/mol. The van der Waals surface area contributed by atoms with Gasteiger partial charge in [0.2, 0.25) is 0 Å². The number of aromatic nitrogens is 4. The Balaban J connectivity index is 1.63. The second-order valence-corrected chi connectivity index (χ2v) is 13.9. The van der Waals surface area contributed by atoms with Gasteiger partial charge in [-0.05, 0) is 0 Å². The van der Waals surface area contributed by atoms with E-state index in [1.54, 1.807) is 0 Å². The van der Waals surface area contributed by atoms with Gasteiger partial charge in [0.15, 0.2) is 17.7 Å². The molecule has 3 rings (SSSR count). The summed E-state index contributed by atoms with van der Waals surface area (Å²) < 4.78 is 69.1. The number of nitrogens with two attached hydrogens (primary N) is 1. The molecule has 2 aromatic heterocycles. The molecule has 1 saturated heterocycles. The molecule has 5 unspecified atom stereocenters. The van der Waals surface area contributed by atoms with Crippen LogP contribution in [0.25, 0.3) is 11.2 Å². The number of carboxylic acid groups (broad SMARTS) is 1. The number of carbonyl (C=O) groups is 1. The third-order valence-electron chi connectivity index (χ3n) is 4.38. The van der Waals surface area contributed by atoms with Crippen LogP contribution in [-0.4, -0.2) is 91.5 Å². The normalized spacial score (nSPS) is 28.3. The molecule has 0 aliphatic carbocycles. The van der Waals surface area contributed by atoms with Crippen LogP contribution in [-0.2, 0) is 45.2 Å². The van der Waals surface area contributed by atoms with Crippen molar-refractivity contribution in [2.45, 2.75) is 24.5 Å². The Hall–Kier alpha value is -1.70. The number of nitrogens with zero attached hydrogens (tertiary/aromatic N) is 4. The standard InChI is InChI=1S/C12H19N5O17P4/c13-10-7-11(15-3-14-10)17(4-16-7)12-9(21)8(20)5(31-12)1-30-36(24,25)33-38(28,29)34-37(26,27)32-35(22,23)2-6(18)19/h3-5,8-9,12,20-21H,1-2H2,(H,18,19)(H,22,23)(H,24,25)(H,26,27)(H,28,29)(H2,13,14,15)/t5-,8+,9?,12-/m1/s1. The fourth-order valence-electron chi connectivity index (χ4n) is 3.00. The van der Waals surface area contributed by atoms with Crippen LogP contribution in [0.1, 0.15) is 6.23 Å². The zero-order chi connectivity index (χ0) is 28.7. The van der Waals surface area contributed by atoms with Crippen LogP contribution in [0.15, 0.2) is 12.7 Å². The number of aliphatic hydroxyl groups is 2. The average molecular weight is 629 g/mol. The van der Waals surface area contributed by atoms with Gasteiger partial charge in [0.05, 0.1) is 12.9 Å². The molecule has 1 aliphatic heterocycles. The first-order valence-corrected chi connectivity index (χ1v) is 15.8. The van der Waals surface area contributed by atoms with E-state index in [4.69, 9.17) is 15.6 Å². The van der Waals surface area contributed by atoms with Crippen molar-refractivity contribution in [3.63, 3.8) is 0 Å². The minimum atomic E-state index is -6.08. The van der Waals surface area contributed by atoms with E-state index in [-0.39, 0.29) is 17.0 Å². The van der Waals surface area contributed by atoms with Gasteiger partial charge in [-0.1, -0.05) is 0 Å². The molecule has 9 N–H and O–H groups in total. The molecular weight excluding hydrogens is 610 g/mol. The van der Waals surface area contributed by atoms with Crippen LogP contribution in [0.4, 0.5) is 5.82 Å². The molecule has 8 atom stereocenters. The van der Waals surface area contributed by atoms with Crippen LogP contribution in [0, 0.1) is 0 Å². The van der Waals surface area contributed by atoms with E-state index in [2.05, 4.69) is 32.4 Å².